The summed E-state index contributed by atoms with van der Waals surface area (Å²) in [7, 11) is 0. The van der Waals surface area contributed by atoms with Gasteiger partial charge < -0.3 is 25.5 Å². The third kappa shape index (κ3) is 5.97. The highest BCUT2D eigenvalue weighted by Gasteiger charge is 2.32. The molecule has 8 nitrogen and oxygen atoms in total. The molecule has 0 unspecified atom stereocenters. The summed E-state index contributed by atoms with van der Waals surface area (Å²) in [6.07, 6.45) is 8.02. The number of nitrogens with one attached hydrogen (secondary N) is 3. The summed E-state index contributed by atoms with van der Waals surface area (Å²) in [4.78, 5) is 49.8. The van der Waals surface area contributed by atoms with Crippen molar-refractivity contribution in [2.24, 2.45) is 11.8 Å². The molecule has 3 amide bonds. The van der Waals surface area contributed by atoms with Crippen LogP contribution in [0.4, 0.5) is 0 Å². The van der Waals surface area contributed by atoms with Crippen molar-refractivity contribution in [1.29, 1.82) is 0 Å². The molecule has 34 heavy (non-hydrogen) atoms. The Morgan fingerprint density at radius 2 is 1.97 bits per heavy atom. The minimum atomic E-state index is -0.782. The van der Waals surface area contributed by atoms with Gasteiger partial charge in [-0.05, 0) is 49.5 Å². The second-order valence-corrected chi connectivity index (χ2v) is 9.75. The van der Waals surface area contributed by atoms with Crippen LogP contribution in [0.5, 0.6) is 5.75 Å². The van der Waals surface area contributed by atoms with E-state index in [0.717, 1.165) is 25.7 Å². The van der Waals surface area contributed by atoms with Crippen LogP contribution in [0.1, 0.15) is 50.5 Å². The molecule has 1 saturated carbocycles. The lowest BCUT2D eigenvalue weighted by Crippen LogP contribution is -2.51. The second-order valence-electron chi connectivity index (χ2n) is 9.32. The predicted molar refractivity (Wildman–Crippen MR) is 127 cm³/mol. The zero-order valence-corrected chi connectivity index (χ0v) is 19.7. The minimum Gasteiger partial charge on any atom is -0.488 e. The lowest BCUT2D eigenvalue weighted by Gasteiger charge is -2.25. The molecule has 1 saturated heterocycles. The average molecular weight is 488 g/mol. The van der Waals surface area contributed by atoms with Crippen LogP contribution in [0, 0.1) is 11.8 Å². The zero-order valence-electron chi connectivity index (χ0n) is 19.0. The van der Waals surface area contributed by atoms with E-state index in [1.54, 1.807) is 24.3 Å². The lowest BCUT2D eigenvalue weighted by atomic mass is 9.96. The first-order valence-corrected chi connectivity index (χ1v) is 12.3. The summed E-state index contributed by atoms with van der Waals surface area (Å²) in [5.74, 6) is -0.206. The second kappa shape index (κ2) is 11.0. The number of aldehydes is 1. The van der Waals surface area contributed by atoms with Crippen molar-refractivity contribution < 1.29 is 23.9 Å². The number of carbonyl (C=O) groups is 4. The van der Waals surface area contributed by atoms with E-state index in [1.165, 1.54) is 0 Å². The maximum atomic E-state index is 13.2. The minimum absolute atomic E-state index is 0.0893. The number of benzene rings is 1. The van der Waals surface area contributed by atoms with Gasteiger partial charge in [0.15, 0.2) is 0 Å². The number of halogens is 1. The topological polar surface area (TPSA) is 114 Å². The number of hydrogen-bond acceptors (Lipinski definition) is 5. The first kappa shape index (κ1) is 24.3. The fraction of sp³-hybridized carbons (Fsp3) is 0.520. The summed E-state index contributed by atoms with van der Waals surface area (Å²) in [5.41, 5.74) is 1.10. The van der Waals surface area contributed by atoms with Gasteiger partial charge in [-0.2, -0.15) is 0 Å². The number of carbonyl (C=O) groups excluding carboxylic acids is 4. The Labute approximate surface area is 203 Å². The monoisotopic (exact) mass is 487 g/mol. The Morgan fingerprint density at radius 3 is 2.68 bits per heavy atom. The first-order chi connectivity index (χ1) is 16.4. The summed E-state index contributed by atoms with van der Waals surface area (Å²) in [5, 5.41) is 8.90. The van der Waals surface area contributed by atoms with Gasteiger partial charge in [-0.25, -0.2) is 0 Å². The van der Waals surface area contributed by atoms with Crippen molar-refractivity contribution in [2.75, 3.05) is 13.2 Å². The molecule has 3 N–H and O–H groups in total. The van der Waals surface area contributed by atoms with E-state index in [2.05, 4.69) is 16.0 Å². The molecule has 0 radical (unpaired) electrons. The molecule has 4 rings (SSSR count). The maximum Gasteiger partial charge on any atom is 0.251 e. The van der Waals surface area contributed by atoms with E-state index >= 15 is 0 Å². The Bertz CT molecular complexity index is 989. The van der Waals surface area contributed by atoms with E-state index in [4.69, 9.17) is 16.3 Å². The first-order valence-electron chi connectivity index (χ1n) is 11.9. The fourth-order valence-electron chi connectivity index (χ4n) is 4.95. The zero-order chi connectivity index (χ0) is 24.1. The van der Waals surface area contributed by atoms with Crippen LogP contribution >= 0.6 is 11.6 Å². The van der Waals surface area contributed by atoms with Crippen molar-refractivity contribution in [3.8, 4) is 5.75 Å². The molecule has 2 aliphatic heterocycles. The van der Waals surface area contributed by atoms with Gasteiger partial charge in [0.2, 0.25) is 11.8 Å². The molecular formula is C25H30ClN3O5. The van der Waals surface area contributed by atoms with Crippen molar-refractivity contribution in [2.45, 2.75) is 57.0 Å². The summed E-state index contributed by atoms with van der Waals surface area (Å²) >= 11 is 6.07. The number of hydrogen-bond donors (Lipinski definition) is 3. The number of fused-ring (bicyclic) bond motifs is 1. The van der Waals surface area contributed by atoms with Crippen LogP contribution < -0.4 is 20.7 Å². The largest absolute Gasteiger partial charge is 0.488 e. The van der Waals surface area contributed by atoms with Crippen LogP contribution in [0.15, 0.2) is 23.8 Å². The Balaban J connectivity index is 1.44. The molecule has 3 aliphatic rings. The highest BCUT2D eigenvalue weighted by Crippen LogP contribution is 2.30. The molecule has 0 aromatic heterocycles. The van der Waals surface area contributed by atoms with Crippen LogP contribution in [0.3, 0.4) is 0 Å². The van der Waals surface area contributed by atoms with Gasteiger partial charge >= 0.3 is 0 Å². The number of ether oxygens (including phenoxy) is 1. The Kier molecular flexibility index (Phi) is 7.88. The van der Waals surface area contributed by atoms with Gasteiger partial charge in [0.25, 0.3) is 5.91 Å². The molecule has 2 heterocycles. The molecule has 3 atom stereocenters. The summed E-state index contributed by atoms with van der Waals surface area (Å²) in [6.45, 7) is 0.668. The highest BCUT2D eigenvalue weighted by molar-refractivity contribution is 6.30. The van der Waals surface area contributed by atoms with Crippen LogP contribution in [-0.2, 0) is 19.2 Å². The standard InChI is InChI=1S/C25H30ClN3O5/c26-19-5-6-22-17(11-19)10-18(14-34-22)24(32)29-21(9-15-3-1-2-4-15)25(33)28-20(13-30)12-16-7-8-27-23(16)31/h5-6,10-11,13,15-16,20-21H,1-4,7-9,12,14H2,(H,27,31)(H,28,33)(H,29,32)/t16-,20-,21-/m0/s1. The molecule has 9 heteroatoms. The van der Waals surface area contributed by atoms with Gasteiger partial charge in [-0.1, -0.05) is 37.3 Å². The fourth-order valence-corrected chi connectivity index (χ4v) is 5.13. The van der Waals surface area contributed by atoms with Crippen molar-refractivity contribution in [1.82, 2.24) is 16.0 Å². The quantitative estimate of drug-likeness (QED) is 0.463. The van der Waals surface area contributed by atoms with Gasteiger partial charge in [0.05, 0.1) is 11.6 Å². The van der Waals surface area contributed by atoms with Gasteiger partial charge in [0, 0.05) is 23.0 Å². The molecule has 2 fully saturated rings. The Morgan fingerprint density at radius 1 is 1.18 bits per heavy atom. The van der Waals surface area contributed by atoms with E-state index in [9.17, 15) is 19.2 Å². The smallest absolute Gasteiger partial charge is 0.251 e. The summed E-state index contributed by atoms with van der Waals surface area (Å²) in [6, 6.07) is 3.64. The van der Waals surface area contributed by atoms with Gasteiger partial charge in [-0.3, -0.25) is 14.4 Å². The van der Waals surface area contributed by atoms with E-state index in [0.29, 0.717) is 53.5 Å². The van der Waals surface area contributed by atoms with E-state index in [-0.39, 0.29) is 30.8 Å². The van der Waals surface area contributed by atoms with E-state index < -0.39 is 18.0 Å². The predicted octanol–water partition coefficient (Wildman–Crippen LogP) is 2.39. The summed E-state index contributed by atoms with van der Waals surface area (Å²) < 4.78 is 5.68. The molecule has 1 aromatic rings. The molecule has 182 valence electrons. The Hall–Kier alpha value is -2.87. The van der Waals surface area contributed by atoms with Gasteiger partial charge in [0.1, 0.15) is 24.7 Å². The van der Waals surface area contributed by atoms with Crippen molar-refractivity contribution in [3.63, 3.8) is 0 Å². The van der Waals surface area contributed by atoms with Crippen molar-refractivity contribution >= 4 is 41.7 Å². The molecular weight excluding hydrogens is 458 g/mol. The van der Waals surface area contributed by atoms with E-state index in [1.807, 2.05) is 0 Å². The third-order valence-electron chi connectivity index (χ3n) is 6.84. The SMILES string of the molecule is O=C[C@H](C[C@@H]1CCNC1=O)NC(=O)[C@H](CC1CCCC1)NC(=O)C1=Cc2cc(Cl)ccc2OC1. The normalized spacial score (nSPS) is 21.5. The number of amides is 3. The molecule has 1 aromatic carbocycles. The molecule has 0 bridgehead atoms. The van der Waals surface area contributed by atoms with Crippen LogP contribution in [0.2, 0.25) is 5.02 Å². The molecule has 0 spiro atoms. The lowest BCUT2D eigenvalue weighted by molar-refractivity contribution is -0.130. The third-order valence-corrected chi connectivity index (χ3v) is 7.07. The maximum absolute atomic E-state index is 13.2. The average Bonchev–Trinajstić information content (AvgIpc) is 3.49. The van der Waals surface area contributed by atoms with Crippen LogP contribution in [0.25, 0.3) is 6.08 Å². The van der Waals surface area contributed by atoms with Crippen LogP contribution in [-0.4, -0.2) is 49.2 Å². The van der Waals surface area contributed by atoms with Gasteiger partial charge in [-0.15, -0.1) is 0 Å². The van der Waals surface area contributed by atoms with Crippen molar-refractivity contribution in [3.05, 3.63) is 34.4 Å². The molecule has 1 aliphatic carbocycles. The highest BCUT2D eigenvalue weighted by atomic mass is 35.5. The number of rotatable bonds is 9.